The van der Waals surface area contributed by atoms with E-state index < -0.39 is 21.9 Å². The van der Waals surface area contributed by atoms with E-state index in [0.29, 0.717) is 5.56 Å². The van der Waals surface area contributed by atoms with Crippen molar-refractivity contribution in [1.82, 2.24) is 9.21 Å². The zero-order valence-corrected chi connectivity index (χ0v) is 13.2. The Morgan fingerprint density at radius 3 is 2.55 bits per heavy atom. The molecule has 1 heterocycles. The van der Waals surface area contributed by atoms with E-state index in [1.54, 1.807) is 18.2 Å². The molecule has 1 atom stereocenters. The summed E-state index contributed by atoms with van der Waals surface area (Å²) in [6.45, 7) is 0.191. The van der Waals surface area contributed by atoms with Crippen molar-refractivity contribution in [2.24, 2.45) is 5.92 Å². The van der Waals surface area contributed by atoms with Crippen molar-refractivity contribution in [3.63, 3.8) is 0 Å². The zero-order chi connectivity index (χ0) is 16.5. The predicted molar refractivity (Wildman–Crippen MR) is 78.5 cm³/mol. The van der Waals surface area contributed by atoms with Crippen LogP contribution in [-0.2, 0) is 26.2 Å². The number of hydrogen-bond donors (Lipinski definition) is 1. The third-order valence-corrected chi connectivity index (χ3v) is 5.57. The van der Waals surface area contributed by atoms with Crippen LogP contribution in [0.2, 0.25) is 0 Å². The average molecular weight is 326 g/mol. The van der Waals surface area contributed by atoms with Crippen molar-refractivity contribution in [2.75, 3.05) is 20.6 Å². The van der Waals surface area contributed by atoms with Crippen LogP contribution >= 0.6 is 0 Å². The van der Waals surface area contributed by atoms with E-state index in [4.69, 9.17) is 5.11 Å². The summed E-state index contributed by atoms with van der Waals surface area (Å²) < 4.78 is 25.7. The maximum Gasteiger partial charge on any atom is 0.308 e. The van der Waals surface area contributed by atoms with E-state index in [0.717, 1.165) is 4.31 Å². The molecule has 0 aliphatic carbocycles. The predicted octanol–water partition coefficient (Wildman–Crippen LogP) is 0.370. The largest absolute Gasteiger partial charge is 0.481 e. The van der Waals surface area contributed by atoms with Gasteiger partial charge in [-0.2, -0.15) is 0 Å². The van der Waals surface area contributed by atoms with Crippen LogP contribution in [0.3, 0.4) is 0 Å². The van der Waals surface area contributed by atoms with Gasteiger partial charge >= 0.3 is 5.97 Å². The summed E-state index contributed by atoms with van der Waals surface area (Å²) >= 11 is 0. The summed E-state index contributed by atoms with van der Waals surface area (Å²) in [7, 11) is -0.741. The summed E-state index contributed by atoms with van der Waals surface area (Å²) in [5, 5.41) is 8.99. The summed E-state index contributed by atoms with van der Waals surface area (Å²) in [4.78, 5) is 24.4. The molecule has 0 bridgehead atoms. The second kappa shape index (κ2) is 6.05. The third kappa shape index (κ3) is 3.12. The highest BCUT2D eigenvalue weighted by Gasteiger charge is 2.35. The summed E-state index contributed by atoms with van der Waals surface area (Å²) in [5.74, 6) is -2.01. The molecule has 1 aliphatic rings. The molecule has 0 saturated carbocycles. The molecule has 1 saturated heterocycles. The number of rotatable bonds is 5. The van der Waals surface area contributed by atoms with Crippen molar-refractivity contribution >= 4 is 21.9 Å². The van der Waals surface area contributed by atoms with Gasteiger partial charge in [0.15, 0.2) is 0 Å². The van der Waals surface area contributed by atoms with Crippen LogP contribution in [0.5, 0.6) is 0 Å². The van der Waals surface area contributed by atoms with Gasteiger partial charge in [0.25, 0.3) is 0 Å². The SMILES string of the molecule is CN(C)S(=O)(=O)c1ccccc1CN1CC(C(=O)O)CC1=O. The van der Waals surface area contributed by atoms with Crippen molar-refractivity contribution in [3.8, 4) is 0 Å². The fourth-order valence-electron chi connectivity index (χ4n) is 2.38. The highest BCUT2D eigenvalue weighted by Crippen LogP contribution is 2.24. The van der Waals surface area contributed by atoms with Gasteiger partial charge in [-0.25, -0.2) is 12.7 Å². The number of carbonyl (C=O) groups is 2. The van der Waals surface area contributed by atoms with Crippen LogP contribution in [0.25, 0.3) is 0 Å². The Balaban J connectivity index is 2.29. The molecular weight excluding hydrogens is 308 g/mol. The number of benzene rings is 1. The Morgan fingerprint density at radius 1 is 1.36 bits per heavy atom. The second-order valence-corrected chi connectivity index (χ2v) is 7.53. The van der Waals surface area contributed by atoms with Gasteiger partial charge in [0.2, 0.25) is 15.9 Å². The lowest BCUT2D eigenvalue weighted by Crippen LogP contribution is -2.28. The first-order valence-corrected chi connectivity index (χ1v) is 8.18. The van der Waals surface area contributed by atoms with Gasteiger partial charge in [0.1, 0.15) is 0 Å². The number of nitrogens with zero attached hydrogens (tertiary/aromatic N) is 2. The number of likely N-dealkylation sites (tertiary alicyclic amines) is 1. The summed E-state index contributed by atoms with van der Waals surface area (Å²) in [6.07, 6.45) is -0.0437. The Kier molecular flexibility index (Phi) is 4.52. The smallest absolute Gasteiger partial charge is 0.308 e. The first kappa shape index (κ1) is 16.4. The fraction of sp³-hybridized carbons (Fsp3) is 0.429. The minimum absolute atomic E-state index is 0.0437. The van der Waals surface area contributed by atoms with Gasteiger partial charge in [0, 0.05) is 33.6 Å². The van der Waals surface area contributed by atoms with Crippen LogP contribution < -0.4 is 0 Å². The first-order chi connectivity index (χ1) is 10.2. The Morgan fingerprint density at radius 2 is 2.00 bits per heavy atom. The van der Waals surface area contributed by atoms with Crippen molar-refractivity contribution < 1.29 is 23.1 Å². The fourth-order valence-corrected chi connectivity index (χ4v) is 3.49. The lowest BCUT2D eigenvalue weighted by atomic mass is 10.1. The molecule has 0 aromatic heterocycles. The van der Waals surface area contributed by atoms with E-state index in [2.05, 4.69) is 0 Å². The monoisotopic (exact) mass is 326 g/mol. The van der Waals surface area contributed by atoms with E-state index in [9.17, 15) is 18.0 Å². The summed E-state index contributed by atoms with van der Waals surface area (Å²) in [5.41, 5.74) is 0.482. The van der Waals surface area contributed by atoms with Gasteiger partial charge < -0.3 is 10.0 Å². The molecule has 1 aromatic rings. The maximum atomic E-state index is 12.3. The van der Waals surface area contributed by atoms with Crippen LogP contribution in [0, 0.1) is 5.92 Å². The standard InChI is InChI=1S/C14H18N2O5S/c1-15(2)22(20,21)12-6-4-3-5-10(12)8-16-9-11(14(18)19)7-13(16)17/h3-6,11H,7-9H2,1-2H3,(H,18,19). The average Bonchev–Trinajstić information content (AvgIpc) is 2.81. The van der Waals surface area contributed by atoms with Gasteiger partial charge in [-0.05, 0) is 11.6 Å². The van der Waals surface area contributed by atoms with E-state index in [1.807, 2.05) is 0 Å². The number of aliphatic carboxylic acids is 1. The molecule has 1 amide bonds. The minimum Gasteiger partial charge on any atom is -0.481 e. The van der Waals surface area contributed by atoms with Gasteiger partial charge in [-0.1, -0.05) is 18.2 Å². The van der Waals surface area contributed by atoms with Gasteiger partial charge in [0.05, 0.1) is 10.8 Å². The molecule has 8 heteroatoms. The molecule has 1 aromatic carbocycles. The Labute approximate surface area is 129 Å². The number of carbonyl (C=O) groups excluding carboxylic acids is 1. The molecule has 0 radical (unpaired) electrons. The number of carboxylic acid groups (broad SMARTS) is 1. The molecule has 1 N–H and O–H groups in total. The van der Waals surface area contributed by atoms with Gasteiger partial charge in [-0.3, -0.25) is 9.59 Å². The first-order valence-electron chi connectivity index (χ1n) is 6.74. The number of carboxylic acids is 1. The van der Waals surface area contributed by atoms with Crippen LogP contribution in [0.15, 0.2) is 29.2 Å². The van der Waals surface area contributed by atoms with Crippen LogP contribution in [0.4, 0.5) is 0 Å². The lowest BCUT2D eigenvalue weighted by molar-refractivity contribution is -0.141. The Hall–Kier alpha value is -1.93. The van der Waals surface area contributed by atoms with Crippen LogP contribution in [0.1, 0.15) is 12.0 Å². The van der Waals surface area contributed by atoms with Gasteiger partial charge in [-0.15, -0.1) is 0 Å². The molecular formula is C14H18N2O5S. The van der Waals surface area contributed by atoms with Crippen molar-refractivity contribution in [2.45, 2.75) is 17.9 Å². The highest BCUT2D eigenvalue weighted by atomic mass is 32.2. The topological polar surface area (TPSA) is 95.0 Å². The van der Waals surface area contributed by atoms with E-state index in [1.165, 1.54) is 25.1 Å². The molecule has 1 fully saturated rings. The summed E-state index contributed by atoms with van der Waals surface area (Å²) in [6, 6.07) is 6.43. The molecule has 2 rings (SSSR count). The lowest BCUT2D eigenvalue weighted by Gasteiger charge is -2.20. The van der Waals surface area contributed by atoms with E-state index in [-0.39, 0.29) is 30.3 Å². The maximum absolute atomic E-state index is 12.3. The minimum atomic E-state index is -3.62. The second-order valence-electron chi connectivity index (χ2n) is 5.41. The molecule has 22 heavy (non-hydrogen) atoms. The van der Waals surface area contributed by atoms with Crippen molar-refractivity contribution in [1.29, 1.82) is 0 Å². The number of amides is 1. The highest BCUT2D eigenvalue weighted by molar-refractivity contribution is 7.89. The third-order valence-electron chi connectivity index (χ3n) is 3.66. The molecule has 1 unspecified atom stereocenters. The molecule has 7 nitrogen and oxygen atoms in total. The normalized spacial score (nSPS) is 19.0. The zero-order valence-electron chi connectivity index (χ0n) is 12.4. The number of sulfonamides is 1. The van der Waals surface area contributed by atoms with Crippen LogP contribution in [-0.4, -0.2) is 55.2 Å². The Bertz CT molecular complexity index is 699. The molecule has 120 valence electrons. The quantitative estimate of drug-likeness (QED) is 0.843. The van der Waals surface area contributed by atoms with E-state index >= 15 is 0 Å². The molecule has 0 spiro atoms. The van der Waals surface area contributed by atoms with Crippen molar-refractivity contribution in [3.05, 3.63) is 29.8 Å². The molecule has 1 aliphatic heterocycles. The number of hydrogen-bond acceptors (Lipinski definition) is 4.